The van der Waals surface area contributed by atoms with Gasteiger partial charge in [-0.25, -0.2) is 0 Å². The van der Waals surface area contributed by atoms with E-state index in [0.717, 1.165) is 50.5 Å². The fraction of sp³-hybridized carbons (Fsp3) is 0.720. The Kier molecular flexibility index (Phi) is 14.5. The summed E-state index contributed by atoms with van der Waals surface area (Å²) in [5, 5.41) is 3.38. The number of hydrogen-bond acceptors (Lipinski definition) is 3. The Morgan fingerprint density at radius 2 is 1.83 bits per heavy atom. The van der Waals surface area contributed by atoms with Crippen molar-refractivity contribution in [3.8, 4) is 0 Å². The molecule has 0 saturated heterocycles. The van der Waals surface area contributed by atoms with Crippen LogP contribution in [-0.4, -0.2) is 32.1 Å². The van der Waals surface area contributed by atoms with Crippen molar-refractivity contribution in [3.63, 3.8) is 0 Å². The molecule has 0 atom stereocenters. The van der Waals surface area contributed by atoms with Crippen LogP contribution >= 0.6 is 0 Å². The van der Waals surface area contributed by atoms with Crippen LogP contribution in [0.2, 0.25) is 0 Å². The highest BCUT2D eigenvalue weighted by Crippen LogP contribution is 2.49. The van der Waals surface area contributed by atoms with Crippen LogP contribution in [0, 0.1) is 5.41 Å². The van der Waals surface area contributed by atoms with Gasteiger partial charge in [0.25, 0.3) is 0 Å². The Morgan fingerprint density at radius 1 is 1.14 bits per heavy atom. The average molecular weight is 406 g/mol. The van der Waals surface area contributed by atoms with Gasteiger partial charge in [-0.3, -0.25) is 4.99 Å². The first-order chi connectivity index (χ1) is 13.4. The van der Waals surface area contributed by atoms with Gasteiger partial charge in [-0.05, 0) is 50.7 Å². The van der Waals surface area contributed by atoms with E-state index in [9.17, 15) is 0 Å². The maximum absolute atomic E-state index is 6.28. The van der Waals surface area contributed by atoms with Gasteiger partial charge >= 0.3 is 0 Å². The summed E-state index contributed by atoms with van der Waals surface area (Å²) in [6.07, 6.45) is 14.7. The molecular weight excluding hydrogens is 358 g/mol. The van der Waals surface area contributed by atoms with E-state index in [-0.39, 0.29) is 12.8 Å². The standard InChI is InChI=1S/C20H33N3O.C4H10.CH4/c1-4-12-24-13-11-22-19(14-18(21)20(3)9-10-20)23-15-17-7-5-16(2)6-8-17;1-3-4-2;/h5,7,14H,4,6,8-13,15,21H2,1-3H3,(H,22,23);3-4H2,1-2H3;1H4/b18-14-;;. The van der Waals surface area contributed by atoms with E-state index in [4.69, 9.17) is 15.5 Å². The normalized spacial score (nSPS) is 18.0. The molecule has 168 valence electrons. The minimum absolute atomic E-state index is 0. The zero-order valence-electron chi connectivity index (χ0n) is 18.9. The topological polar surface area (TPSA) is 59.6 Å². The molecule has 0 heterocycles. The van der Waals surface area contributed by atoms with Crippen molar-refractivity contribution in [2.75, 3.05) is 26.3 Å². The van der Waals surface area contributed by atoms with Crippen molar-refractivity contribution >= 4 is 5.84 Å². The van der Waals surface area contributed by atoms with Crippen molar-refractivity contribution in [1.82, 2.24) is 5.32 Å². The molecule has 0 spiro atoms. The highest BCUT2D eigenvalue weighted by Gasteiger charge is 2.39. The Hall–Kier alpha value is -1.55. The Bertz CT molecular complexity index is 567. The molecule has 0 aromatic heterocycles. The van der Waals surface area contributed by atoms with Crippen LogP contribution in [-0.2, 0) is 4.74 Å². The number of aliphatic imine (C=N–C) groups is 1. The van der Waals surface area contributed by atoms with Crippen molar-refractivity contribution < 1.29 is 4.74 Å². The summed E-state index contributed by atoms with van der Waals surface area (Å²) >= 11 is 0. The third-order valence-corrected chi connectivity index (χ3v) is 5.29. The molecule has 0 bridgehead atoms. The van der Waals surface area contributed by atoms with E-state index in [1.165, 1.54) is 36.8 Å². The monoisotopic (exact) mass is 405 g/mol. The molecule has 0 aromatic carbocycles. The van der Waals surface area contributed by atoms with Crippen LogP contribution in [0.25, 0.3) is 0 Å². The van der Waals surface area contributed by atoms with Gasteiger partial charge in [0.05, 0.1) is 13.2 Å². The second kappa shape index (κ2) is 15.3. The van der Waals surface area contributed by atoms with Crippen molar-refractivity contribution in [1.29, 1.82) is 0 Å². The van der Waals surface area contributed by atoms with Crippen molar-refractivity contribution in [3.05, 3.63) is 35.1 Å². The van der Waals surface area contributed by atoms with E-state index >= 15 is 0 Å². The quantitative estimate of drug-likeness (QED) is 0.260. The molecule has 0 amide bonds. The first-order valence-corrected chi connectivity index (χ1v) is 11.1. The lowest BCUT2D eigenvalue weighted by Gasteiger charge is -2.14. The summed E-state index contributed by atoms with van der Waals surface area (Å²) in [7, 11) is 0. The Balaban J connectivity index is 0.00000143. The van der Waals surface area contributed by atoms with Gasteiger partial charge in [0.1, 0.15) is 5.84 Å². The van der Waals surface area contributed by atoms with Crippen LogP contribution in [0.5, 0.6) is 0 Å². The number of rotatable bonds is 10. The molecule has 0 unspecified atom stereocenters. The predicted molar refractivity (Wildman–Crippen MR) is 129 cm³/mol. The summed E-state index contributed by atoms with van der Waals surface area (Å²) in [6, 6.07) is 0. The first-order valence-electron chi connectivity index (χ1n) is 11.1. The van der Waals surface area contributed by atoms with Gasteiger partial charge in [-0.15, -0.1) is 0 Å². The molecule has 2 rings (SSSR count). The largest absolute Gasteiger partial charge is 0.401 e. The predicted octanol–water partition coefficient (Wildman–Crippen LogP) is 6.15. The molecule has 0 radical (unpaired) electrons. The SMILES string of the molecule is C.CCCC.CCCOCCNC(/C=C(\N)C1(C)CC1)=NCC1=CC=C(C)CC1. The molecule has 1 saturated carbocycles. The zero-order chi connectivity index (χ0) is 20.8. The molecule has 4 heteroatoms. The van der Waals surface area contributed by atoms with Crippen LogP contribution in [0.3, 0.4) is 0 Å². The fourth-order valence-electron chi connectivity index (χ4n) is 2.55. The summed E-state index contributed by atoms with van der Waals surface area (Å²) in [5.74, 6) is 0.882. The van der Waals surface area contributed by atoms with E-state index in [2.05, 4.69) is 52.1 Å². The van der Waals surface area contributed by atoms with Gasteiger partial charge in [0.2, 0.25) is 0 Å². The first kappa shape index (κ1) is 27.5. The highest BCUT2D eigenvalue weighted by atomic mass is 16.5. The zero-order valence-corrected chi connectivity index (χ0v) is 18.9. The Morgan fingerprint density at radius 3 is 2.34 bits per heavy atom. The molecule has 0 aliphatic heterocycles. The van der Waals surface area contributed by atoms with E-state index < -0.39 is 0 Å². The van der Waals surface area contributed by atoms with E-state index in [1.54, 1.807) is 0 Å². The minimum Gasteiger partial charge on any atom is -0.401 e. The molecule has 3 N–H and O–H groups in total. The third kappa shape index (κ3) is 11.9. The van der Waals surface area contributed by atoms with Crippen LogP contribution < -0.4 is 11.1 Å². The lowest BCUT2D eigenvalue weighted by atomic mass is 10.00. The number of ether oxygens (including phenoxy) is 1. The summed E-state index contributed by atoms with van der Waals surface area (Å²) in [5.41, 5.74) is 10.2. The number of nitrogens with two attached hydrogens (primary N) is 1. The molecule has 2 aliphatic rings. The maximum atomic E-state index is 6.28. The molecule has 0 aromatic rings. The van der Waals surface area contributed by atoms with Gasteiger partial charge < -0.3 is 15.8 Å². The fourth-order valence-corrected chi connectivity index (χ4v) is 2.55. The molecular formula is C25H47N3O. The smallest absolute Gasteiger partial charge is 0.122 e. The third-order valence-electron chi connectivity index (χ3n) is 5.29. The number of hydrogen-bond donors (Lipinski definition) is 2. The molecule has 4 nitrogen and oxygen atoms in total. The summed E-state index contributed by atoms with van der Waals surface area (Å²) in [4.78, 5) is 4.77. The summed E-state index contributed by atoms with van der Waals surface area (Å²) in [6.45, 7) is 13.9. The number of nitrogens with zero attached hydrogens (tertiary/aromatic N) is 1. The molecule has 1 fully saturated rings. The lowest BCUT2D eigenvalue weighted by molar-refractivity contribution is 0.139. The van der Waals surface area contributed by atoms with Gasteiger partial charge in [-0.2, -0.15) is 0 Å². The molecule has 29 heavy (non-hydrogen) atoms. The van der Waals surface area contributed by atoms with Gasteiger partial charge in [-0.1, -0.05) is 65.7 Å². The Labute approximate surface area is 180 Å². The van der Waals surface area contributed by atoms with E-state index in [1.807, 2.05) is 6.08 Å². The van der Waals surface area contributed by atoms with Gasteiger partial charge in [0.15, 0.2) is 0 Å². The van der Waals surface area contributed by atoms with Crippen molar-refractivity contribution in [2.24, 2.45) is 16.1 Å². The average Bonchev–Trinajstić information content (AvgIpc) is 3.46. The minimum atomic E-state index is 0. The maximum Gasteiger partial charge on any atom is 0.122 e. The lowest BCUT2D eigenvalue weighted by Crippen LogP contribution is -2.28. The highest BCUT2D eigenvalue weighted by molar-refractivity contribution is 5.93. The number of nitrogens with one attached hydrogen (secondary N) is 1. The second-order valence-corrected chi connectivity index (χ2v) is 8.24. The van der Waals surface area contributed by atoms with Crippen LogP contribution in [0.15, 0.2) is 40.1 Å². The van der Waals surface area contributed by atoms with Crippen molar-refractivity contribution in [2.45, 2.75) is 87.0 Å². The van der Waals surface area contributed by atoms with E-state index in [0.29, 0.717) is 6.61 Å². The number of amidine groups is 1. The molecule has 2 aliphatic carbocycles. The van der Waals surface area contributed by atoms with Crippen LogP contribution in [0.4, 0.5) is 0 Å². The number of allylic oxidation sites excluding steroid dienone is 4. The van der Waals surface area contributed by atoms with Gasteiger partial charge in [0, 0.05) is 24.3 Å². The second-order valence-electron chi connectivity index (χ2n) is 8.24. The summed E-state index contributed by atoms with van der Waals surface area (Å²) < 4.78 is 5.54. The number of unbranched alkanes of at least 4 members (excludes halogenated alkanes) is 1. The van der Waals surface area contributed by atoms with Crippen LogP contribution in [0.1, 0.15) is 87.0 Å².